The molecule has 1 aromatic rings. The highest BCUT2D eigenvalue weighted by Gasteiger charge is 2.42. The summed E-state index contributed by atoms with van der Waals surface area (Å²) in [6.45, 7) is 4.09. The lowest BCUT2D eigenvalue weighted by Crippen LogP contribution is -2.51. The van der Waals surface area contributed by atoms with Gasteiger partial charge >= 0.3 is 6.18 Å². The summed E-state index contributed by atoms with van der Waals surface area (Å²) in [6, 6.07) is 2.76. The zero-order chi connectivity index (χ0) is 22.4. The standard InChI is InChI=1S/C17H20F3N3O6/c1-16(2,3)29-22(10-24)13(8-17(18,19)20)14(25)15(26)21-9-11-4-6-12(7-5-11)23(27)28/h4-7,10,13H,8-9H2,1-3H3,(H,21,26)/t13-/m0/s1. The summed E-state index contributed by atoms with van der Waals surface area (Å²) in [5.41, 5.74) is -0.912. The summed E-state index contributed by atoms with van der Waals surface area (Å²) in [7, 11) is 0. The van der Waals surface area contributed by atoms with Crippen molar-refractivity contribution in [3.8, 4) is 0 Å². The molecular weight excluding hydrogens is 399 g/mol. The number of nitrogens with zero attached hydrogens (tertiary/aromatic N) is 2. The van der Waals surface area contributed by atoms with Crippen LogP contribution in [0.3, 0.4) is 0 Å². The number of rotatable bonds is 9. The molecule has 0 fully saturated rings. The van der Waals surface area contributed by atoms with Crippen LogP contribution in [-0.4, -0.2) is 45.9 Å². The number of amides is 2. The normalized spacial score (nSPS) is 12.8. The second-order valence-electron chi connectivity index (χ2n) is 6.97. The van der Waals surface area contributed by atoms with Crippen molar-refractivity contribution in [2.75, 3.05) is 0 Å². The molecule has 0 aromatic heterocycles. The molecule has 29 heavy (non-hydrogen) atoms. The minimum Gasteiger partial charge on any atom is -0.345 e. The van der Waals surface area contributed by atoms with Crippen LogP contribution in [0.5, 0.6) is 0 Å². The van der Waals surface area contributed by atoms with E-state index in [1.54, 1.807) is 0 Å². The molecule has 1 N–H and O–H groups in total. The van der Waals surface area contributed by atoms with E-state index in [2.05, 4.69) is 5.32 Å². The number of hydroxylamine groups is 2. The SMILES string of the molecule is CC(C)(C)ON(C=O)[C@@H](CC(F)(F)F)C(=O)C(=O)NCc1ccc([N+](=O)[O-])cc1. The monoisotopic (exact) mass is 419 g/mol. The molecule has 0 radical (unpaired) electrons. The van der Waals surface area contributed by atoms with Crippen molar-refractivity contribution in [2.24, 2.45) is 0 Å². The van der Waals surface area contributed by atoms with Crippen LogP contribution in [0.1, 0.15) is 32.8 Å². The van der Waals surface area contributed by atoms with Crippen LogP contribution >= 0.6 is 0 Å². The molecule has 1 atom stereocenters. The van der Waals surface area contributed by atoms with Gasteiger partial charge in [0.1, 0.15) is 6.04 Å². The molecule has 0 saturated carbocycles. The molecule has 9 nitrogen and oxygen atoms in total. The lowest BCUT2D eigenvalue weighted by molar-refractivity contribution is -0.384. The summed E-state index contributed by atoms with van der Waals surface area (Å²) < 4.78 is 38.6. The Balaban J connectivity index is 2.91. The van der Waals surface area contributed by atoms with Gasteiger partial charge in [-0.25, -0.2) is 5.06 Å². The smallest absolute Gasteiger partial charge is 0.345 e. The zero-order valence-electron chi connectivity index (χ0n) is 15.9. The number of carbonyl (C=O) groups excluding carboxylic acids is 3. The van der Waals surface area contributed by atoms with Crippen LogP contribution in [0.25, 0.3) is 0 Å². The Kier molecular flexibility index (Phi) is 7.83. The van der Waals surface area contributed by atoms with E-state index in [1.165, 1.54) is 45.0 Å². The topological polar surface area (TPSA) is 119 Å². The second kappa shape index (κ2) is 9.45. The molecule has 1 rings (SSSR count). The predicted molar refractivity (Wildman–Crippen MR) is 93.2 cm³/mol. The van der Waals surface area contributed by atoms with Gasteiger partial charge in [0.05, 0.1) is 16.9 Å². The van der Waals surface area contributed by atoms with Crippen LogP contribution in [0.4, 0.5) is 18.9 Å². The number of alkyl halides is 3. The summed E-state index contributed by atoms with van der Waals surface area (Å²) in [5.74, 6) is -2.87. The van der Waals surface area contributed by atoms with Crippen LogP contribution in [0.2, 0.25) is 0 Å². The van der Waals surface area contributed by atoms with Gasteiger partial charge in [-0.3, -0.25) is 29.3 Å². The zero-order valence-corrected chi connectivity index (χ0v) is 15.9. The number of benzene rings is 1. The molecule has 0 bridgehead atoms. The highest BCUT2D eigenvalue weighted by atomic mass is 19.4. The molecule has 12 heteroatoms. The van der Waals surface area contributed by atoms with Crippen molar-refractivity contribution in [3.63, 3.8) is 0 Å². The van der Waals surface area contributed by atoms with Crippen molar-refractivity contribution in [2.45, 2.75) is 51.6 Å². The first-order chi connectivity index (χ1) is 13.2. The molecular formula is C17H20F3N3O6. The number of Topliss-reactive ketones (excluding diaryl/α,β-unsaturated/α-hetero) is 1. The number of ketones is 1. The number of nitrogens with one attached hydrogen (secondary N) is 1. The quantitative estimate of drug-likeness (QED) is 0.284. The van der Waals surface area contributed by atoms with Gasteiger partial charge in [0, 0.05) is 18.7 Å². The number of carbonyl (C=O) groups is 3. The van der Waals surface area contributed by atoms with E-state index in [4.69, 9.17) is 4.84 Å². The summed E-state index contributed by atoms with van der Waals surface area (Å²) in [6.07, 6.45) is -6.71. The molecule has 0 aliphatic heterocycles. The second-order valence-corrected chi connectivity index (χ2v) is 6.97. The lowest BCUT2D eigenvalue weighted by Gasteiger charge is -2.32. The molecule has 0 aliphatic carbocycles. The van der Waals surface area contributed by atoms with Gasteiger partial charge in [0.25, 0.3) is 11.6 Å². The van der Waals surface area contributed by atoms with Gasteiger partial charge in [-0.1, -0.05) is 12.1 Å². The predicted octanol–water partition coefficient (Wildman–Crippen LogP) is 2.29. The Morgan fingerprint density at radius 1 is 1.24 bits per heavy atom. The van der Waals surface area contributed by atoms with Crippen LogP contribution in [0.15, 0.2) is 24.3 Å². The molecule has 0 aliphatic rings. The average Bonchev–Trinajstić information content (AvgIpc) is 2.60. The average molecular weight is 419 g/mol. The van der Waals surface area contributed by atoms with E-state index in [0.717, 1.165) is 0 Å². The minimum absolute atomic E-state index is 0.0941. The molecule has 1 aromatic carbocycles. The maximum absolute atomic E-state index is 12.9. The third-order valence-corrected chi connectivity index (χ3v) is 3.34. The van der Waals surface area contributed by atoms with Crippen molar-refractivity contribution < 1.29 is 37.3 Å². The van der Waals surface area contributed by atoms with Gasteiger partial charge < -0.3 is 5.32 Å². The van der Waals surface area contributed by atoms with E-state index in [0.29, 0.717) is 5.56 Å². The first kappa shape index (κ1) is 24.0. The molecule has 0 unspecified atom stereocenters. The van der Waals surface area contributed by atoms with Gasteiger partial charge in [-0.05, 0) is 26.3 Å². The highest BCUT2D eigenvalue weighted by Crippen LogP contribution is 2.26. The Hall–Kier alpha value is -3.02. The van der Waals surface area contributed by atoms with E-state index in [9.17, 15) is 37.7 Å². The highest BCUT2D eigenvalue weighted by molar-refractivity contribution is 6.38. The van der Waals surface area contributed by atoms with E-state index in [1.807, 2.05) is 0 Å². The number of nitro benzene ring substituents is 1. The number of non-ortho nitro benzene ring substituents is 1. The molecule has 0 spiro atoms. The Bertz CT molecular complexity index is 759. The van der Waals surface area contributed by atoms with Gasteiger partial charge in [-0.2, -0.15) is 13.2 Å². The maximum Gasteiger partial charge on any atom is 0.391 e. The van der Waals surface area contributed by atoms with Crippen LogP contribution in [0, 0.1) is 10.1 Å². The fourth-order valence-electron chi connectivity index (χ4n) is 2.15. The third-order valence-electron chi connectivity index (χ3n) is 3.34. The van der Waals surface area contributed by atoms with Gasteiger partial charge in [0.15, 0.2) is 0 Å². The van der Waals surface area contributed by atoms with E-state index >= 15 is 0 Å². The lowest BCUT2D eigenvalue weighted by atomic mass is 10.1. The van der Waals surface area contributed by atoms with Gasteiger partial charge in [0.2, 0.25) is 12.2 Å². The number of hydrogen-bond donors (Lipinski definition) is 1. The molecule has 0 saturated heterocycles. The first-order valence-electron chi connectivity index (χ1n) is 8.28. The summed E-state index contributed by atoms with van der Waals surface area (Å²) in [5, 5.41) is 12.9. The molecule has 160 valence electrons. The third kappa shape index (κ3) is 8.25. The van der Waals surface area contributed by atoms with Crippen molar-refractivity contribution in [1.29, 1.82) is 0 Å². The van der Waals surface area contributed by atoms with Crippen LogP contribution < -0.4 is 5.32 Å². The Morgan fingerprint density at radius 2 is 1.79 bits per heavy atom. The largest absolute Gasteiger partial charge is 0.391 e. The Labute approximate surface area is 163 Å². The minimum atomic E-state index is -4.85. The maximum atomic E-state index is 12.9. The fourth-order valence-corrected chi connectivity index (χ4v) is 2.15. The molecule has 2 amide bonds. The molecule has 0 heterocycles. The van der Waals surface area contributed by atoms with Crippen LogP contribution in [-0.2, 0) is 25.8 Å². The number of nitro groups is 1. The number of hydrogen-bond acceptors (Lipinski definition) is 6. The number of halogens is 3. The van der Waals surface area contributed by atoms with Crippen molar-refractivity contribution in [3.05, 3.63) is 39.9 Å². The summed E-state index contributed by atoms with van der Waals surface area (Å²) >= 11 is 0. The van der Waals surface area contributed by atoms with E-state index in [-0.39, 0.29) is 23.7 Å². The van der Waals surface area contributed by atoms with Crippen molar-refractivity contribution >= 4 is 23.8 Å². The van der Waals surface area contributed by atoms with Gasteiger partial charge in [-0.15, -0.1) is 0 Å². The van der Waals surface area contributed by atoms with Crippen molar-refractivity contribution in [1.82, 2.24) is 10.4 Å². The Morgan fingerprint density at radius 3 is 2.21 bits per heavy atom. The first-order valence-corrected chi connectivity index (χ1v) is 8.28. The fraction of sp³-hybridized carbons (Fsp3) is 0.471. The van der Waals surface area contributed by atoms with E-state index < -0.39 is 40.9 Å². The summed E-state index contributed by atoms with van der Waals surface area (Å²) in [4.78, 5) is 50.6.